The molecule has 40 heavy (non-hydrogen) atoms. The van der Waals surface area contributed by atoms with Gasteiger partial charge in [0.15, 0.2) is 11.5 Å². The number of halogens is 4. The average molecular weight is 547 g/mol. The summed E-state index contributed by atoms with van der Waals surface area (Å²) in [5.74, 6) is -5.08. The number of benzene rings is 5. The van der Waals surface area contributed by atoms with Gasteiger partial charge in [-0.1, -0.05) is 66.7 Å². The Hall–Kier alpha value is -4.98. The molecular weight excluding hydrogens is 524 g/mol. The van der Waals surface area contributed by atoms with Crippen LogP contribution in [0.4, 0.5) is 17.6 Å². The number of para-hydroxylation sites is 4. The molecule has 0 heterocycles. The van der Waals surface area contributed by atoms with Gasteiger partial charge < -0.3 is 18.9 Å². The molecule has 0 bridgehead atoms. The summed E-state index contributed by atoms with van der Waals surface area (Å²) in [6, 6.07) is 33.3. The smallest absolute Gasteiger partial charge is 0.457 e. The summed E-state index contributed by atoms with van der Waals surface area (Å²) in [4.78, 5) is 0. The van der Waals surface area contributed by atoms with Crippen molar-refractivity contribution in [1.82, 2.24) is 0 Å². The highest BCUT2D eigenvalue weighted by atomic mass is 19.3. The van der Waals surface area contributed by atoms with E-state index in [4.69, 9.17) is 14.2 Å². The molecule has 0 radical (unpaired) electrons. The van der Waals surface area contributed by atoms with Gasteiger partial charge in [-0.3, -0.25) is 0 Å². The molecule has 5 aromatic rings. The monoisotopic (exact) mass is 546 g/mol. The summed E-state index contributed by atoms with van der Waals surface area (Å²) in [6.45, 7) is 0. The minimum absolute atomic E-state index is 0.133. The Morgan fingerprint density at radius 2 is 0.900 bits per heavy atom. The molecule has 8 heteroatoms. The topological polar surface area (TPSA) is 36.9 Å². The minimum Gasteiger partial charge on any atom is -0.457 e. The van der Waals surface area contributed by atoms with Crippen molar-refractivity contribution in [2.45, 2.75) is 12.0 Å². The summed E-state index contributed by atoms with van der Waals surface area (Å²) in [6.07, 6.45) is -4.99. The molecule has 0 aliphatic rings. The number of hydrogen-bond donors (Lipinski definition) is 0. The molecule has 0 aliphatic heterocycles. The molecular formula is C32H22F4O4. The van der Waals surface area contributed by atoms with E-state index in [1.165, 1.54) is 36.4 Å². The lowest BCUT2D eigenvalue weighted by Gasteiger charge is -2.28. The third-order valence-electron chi connectivity index (χ3n) is 5.65. The van der Waals surface area contributed by atoms with Gasteiger partial charge in [0.25, 0.3) is 0 Å². The number of hydrogen-bond acceptors (Lipinski definition) is 4. The summed E-state index contributed by atoms with van der Waals surface area (Å²) in [7, 11) is 0. The first kappa shape index (κ1) is 26.6. The fourth-order valence-corrected chi connectivity index (χ4v) is 3.77. The predicted molar refractivity (Wildman–Crippen MR) is 142 cm³/mol. The molecule has 0 aromatic heterocycles. The first-order chi connectivity index (χ1) is 19.3. The summed E-state index contributed by atoms with van der Waals surface area (Å²) < 4.78 is 83.7. The molecule has 4 nitrogen and oxygen atoms in total. The largest absolute Gasteiger partial charge is 0.469 e. The predicted octanol–water partition coefficient (Wildman–Crippen LogP) is 9.83. The first-order valence-electron chi connectivity index (χ1n) is 12.2. The quantitative estimate of drug-likeness (QED) is 0.163. The third-order valence-corrected chi connectivity index (χ3v) is 5.65. The maximum atomic E-state index is 15.7. The molecule has 0 aliphatic carbocycles. The van der Waals surface area contributed by atoms with E-state index in [0.717, 1.165) is 18.2 Å². The summed E-state index contributed by atoms with van der Waals surface area (Å²) in [5.41, 5.74) is -1.12. The SMILES string of the molecule is FC(F)(Oc1cccc(Oc2ccccc2)c1)C(F)(F)c1cccc(Oc2ccccc2)c1Oc1ccccc1. The van der Waals surface area contributed by atoms with Crippen LogP contribution in [0, 0.1) is 0 Å². The third kappa shape index (κ3) is 6.02. The van der Waals surface area contributed by atoms with Gasteiger partial charge in [0.2, 0.25) is 0 Å². The van der Waals surface area contributed by atoms with Gasteiger partial charge in [-0.25, -0.2) is 0 Å². The fraction of sp³-hybridized carbons (Fsp3) is 0.0625. The van der Waals surface area contributed by atoms with Crippen molar-refractivity contribution in [3.8, 4) is 40.2 Å². The molecule has 0 fully saturated rings. The standard InChI is InChI=1S/C32H22F4O4/c33-31(34,32(35,36)40-27-19-10-18-26(22-27)37-23-12-4-1-5-13-23)28-20-11-21-29(38-24-14-6-2-7-15-24)30(28)39-25-16-8-3-9-17-25/h1-22H. The van der Waals surface area contributed by atoms with Gasteiger partial charge in [-0.05, 0) is 60.7 Å². The molecule has 0 unspecified atom stereocenters. The molecule has 0 N–H and O–H groups in total. The van der Waals surface area contributed by atoms with Gasteiger partial charge in [0, 0.05) is 6.07 Å². The lowest BCUT2D eigenvalue weighted by atomic mass is 10.1. The van der Waals surface area contributed by atoms with Crippen molar-refractivity contribution >= 4 is 0 Å². The van der Waals surface area contributed by atoms with Crippen LogP contribution in [-0.4, -0.2) is 6.11 Å². The van der Waals surface area contributed by atoms with E-state index in [1.54, 1.807) is 78.9 Å². The zero-order valence-electron chi connectivity index (χ0n) is 20.8. The van der Waals surface area contributed by atoms with Crippen LogP contribution >= 0.6 is 0 Å². The van der Waals surface area contributed by atoms with E-state index in [2.05, 4.69) is 4.74 Å². The Bertz CT molecular complexity index is 1550. The maximum absolute atomic E-state index is 15.7. The van der Waals surface area contributed by atoms with E-state index < -0.39 is 29.1 Å². The van der Waals surface area contributed by atoms with Crippen LogP contribution < -0.4 is 18.9 Å². The van der Waals surface area contributed by atoms with Crippen LogP contribution in [0.25, 0.3) is 0 Å². The fourth-order valence-electron chi connectivity index (χ4n) is 3.77. The molecule has 0 spiro atoms. The first-order valence-corrected chi connectivity index (χ1v) is 12.2. The zero-order chi connectivity index (χ0) is 28.0. The maximum Gasteiger partial charge on any atom is 0.469 e. The molecule has 202 valence electrons. The molecule has 5 aromatic carbocycles. The van der Waals surface area contributed by atoms with Crippen LogP contribution in [0.2, 0.25) is 0 Å². The second kappa shape index (κ2) is 11.4. The Morgan fingerprint density at radius 1 is 0.425 bits per heavy atom. The van der Waals surface area contributed by atoms with Gasteiger partial charge in [0.1, 0.15) is 28.7 Å². The Balaban J connectivity index is 1.48. The number of alkyl halides is 4. The Morgan fingerprint density at radius 3 is 1.50 bits per heavy atom. The molecule has 0 amide bonds. The van der Waals surface area contributed by atoms with Crippen LogP contribution in [0.5, 0.6) is 40.2 Å². The van der Waals surface area contributed by atoms with E-state index in [1.807, 2.05) is 0 Å². The molecule has 0 saturated carbocycles. The lowest BCUT2D eigenvalue weighted by Crippen LogP contribution is -2.43. The van der Waals surface area contributed by atoms with Crippen LogP contribution in [0.1, 0.15) is 5.56 Å². The van der Waals surface area contributed by atoms with Gasteiger partial charge in [0.05, 0.1) is 5.56 Å². The zero-order valence-corrected chi connectivity index (χ0v) is 20.8. The van der Waals surface area contributed by atoms with Crippen molar-refractivity contribution in [3.63, 3.8) is 0 Å². The van der Waals surface area contributed by atoms with Crippen LogP contribution in [0.3, 0.4) is 0 Å². The van der Waals surface area contributed by atoms with Gasteiger partial charge in [-0.15, -0.1) is 0 Å². The van der Waals surface area contributed by atoms with Crippen molar-refractivity contribution in [3.05, 3.63) is 139 Å². The summed E-state index contributed by atoms with van der Waals surface area (Å²) in [5, 5.41) is 0. The number of rotatable bonds is 10. The van der Waals surface area contributed by atoms with Gasteiger partial charge in [-0.2, -0.15) is 17.6 Å². The molecule has 0 saturated heterocycles. The Labute approximate surface area is 228 Å². The van der Waals surface area contributed by atoms with E-state index in [-0.39, 0.29) is 17.2 Å². The van der Waals surface area contributed by atoms with Crippen molar-refractivity contribution in [2.75, 3.05) is 0 Å². The minimum atomic E-state index is -4.99. The van der Waals surface area contributed by atoms with E-state index in [0.29, 0.717) is 11.5 Å². The normalized spacial score (nSPS) is 11.5. The van der Waals surface area contributed by atoms with Crippen molar-refractivity contribution in [2.24, 2.45) is 0 Å². The van der Waals surface area contributed by atoms with Gasteiger partial charge >= 0.3 is 12.0 Å². The van der Waals surface area contributed by atoms with Crippen LogP contribution in [0.15, 0.2) is 133 Å². The second-order valence-corrected chi connectivity index (χ2v) is 8.55. The van der Waals surface area contributed by atoms with E-state index >= 15 is 17.6 Å². The lowest BCUT2D eigenvalue weighted by molar-refractivity contribution is -0.316. The molecule has 0 atom stereocenters. The second-order valence-electron chi connectivity index (χ2n) is 8.55. The average Bonchev–Trinajstić information content (AvgIpc) is 2.95. The Kier molecular flexibility index (Phi) is 7.59. The summed E-state index contributed by atoms with van der Waals surface area (Å²) >= 11 is 0. The van der Waals surface area contributed by atoms with Crippen molar-refractivity contribution in [1.29, 1.82) is 0 Å². The van der Waals surface area contributed by atoms with Crippen LogP contribution in [-0.2, 0) is 5.92 Å². The molecule has 5 rings (SSSR count). The number of ether oxygens (including phenoxy) is 4. The highest BCUT2D eigenvalue weighted by molar-refractivity contribution is 5.53. The van der Waals surface area contributed by atoms with Crippen molar-refractivity contribution < 1.29 is 36.5 Å². The highest BCUT2D eigenvalue weighted by Crippen LogP contribution is 2.51. The highest BCUT2D eigenvalue weighted by Gasteiger charge is 2.62. The van der Waals surface area contributed by atoms with E-state index in [9.17, 15) is 0 Å².